The van der Waals surface area contributed by atoms with Gasteiger partial charge in [0.1, 0.15) is 12.4 Å². The normalized spacial score (nSPS) is 11.4. The van der Waals surface area contributed by atoms with Crippen molar-refractivity contribution in [3.05, 3.63) is 86.6 Å². The highest BCUT2D eigenvalue weighted by atomic mass is 16.5. The summed E-state index contributed by atoms with van der Waals surface area (Å²) in [7, 11) is 1.59. The number of hydrogen-bond acceptors (Lipinski definition) is 6. The maximum atomic E-state index is 12.5. The van der Waals surface area contributed by atoms with Gasteiger partial charge in [0.05, 0.1) is 6.21 Å². The average Bonchev–Trinajstić information content (AvgIpc) is 3.24. The molecule has 9 heteroatoms. The van der Waals surface area contributed by atoms with Crippen molar-refractivity contribution in [2.45, 2.75) is 45.8 Å². The number of anilines is 1. The Morgan fingerprint density at radius 2 is 1.83 bits per heavy atom. The van der Waals surface area contributed by atoms with Crippen LogP contribution in [0.25, 0.3) is 11.2 Å². The molecule has 9 nitrogen and oxygen atoms in total. The fourth-order valence-corrected chi connectivity index (χ4v) is 3.79. The minimum atomic E-state index is -0.497. The van der Waals surface area contributed by atoms with Gasteiger partial charge >= 0.3 is 5.69 Å². The Labute approximate surface area is 203 Å². The zero-order valence-corrected chi connectivity index (χ0v) is 20.0. The van der Waals surface area contributed by atoms with Crippen molar-refractivity contribution in [1.82, 2.24) is 19.1 Å². The van der Waals surface area contributed by atoms with E-state index in [4.69, 9.17) is 4.74 Å². The predicted molar refractivity (Wildman–Crippen MR) is 138 cm³/mol. The van der Waals surface area contributed by atoms with Gasteiger partial charge in [-0.3, -0.25) is 14.3 Å². The zero-order chi connectivity index (χ0) is 24.6. The summed E-state index contributed by atoms with van der Waals surface area (Å²) >= 11 is 0. The van der Waals surface area contributed by atoms with Gasteiger partial charge in [-0.15, -0.1) is 0 Å². The molecule has 0 aliphatic carbocycles. The molecule has 2 N–H and O–H groups in total. The van der Waals surface area contributed by atoms with Crippen LogP contribution in [-0.4, -0.2) is 25.3 Å². The van der Waals surface area contributed by atoms with Gasteiger partial charge in [0.2, 0.25) is 5.95 Å². The van der Waals surface area contributed by atoms with E-state index in [0.29, 0.717) is 30.3 Å². The fourth-order valence-electron chi connectivity index (χ4n) is 3.79. The van der Waals surface area contributed by atoms with Crippen molar-refractivity contribution in [2.24, 2.45) is 12.1 Å². The number of fused-ring (bicyclic) bond motifs is 1. The lowest BCUT2D eigenvalue weighted by Crippen LogP contribution is -2.29. The second-order valence-electron chi connectivity index (χ2n) is 8.35. The molecular formula is C26H30N6O3. The molecule has 0 aliphatic rings. The molecule has 2 aromatic carbocycles. The Hall–Kier alpha value is -4.14. The molecule has 0 fully saturated rings. The van der Waals surface area contributed by atoms with E-state index < -0.39 is 11.2 Å². The third-order valence-corrected chi connectivity index (χ3v) is 5.75. The summed E-state index contributed by atoms with van der Waals surface area (Å²) in [5, 5.41) is 4.32. The summed E-state index contributed by atoms with van der Waals surface area (Å²) in [6.45, 7) is 3.26. The Morgan fingerprint density at radius 3 is 2.57 bits per heavy atom. The van der Waals surface area contributed by atoms with E-state index in [-0.39, 0.29) is 0 Å². The van der Waals surface area contributed by atoms with Crippen LogP contribution in [0.15, 0.2) is 69.3 Å². The van der Waals surface area contributed by atoms with Crippen molar-refractivity contribution >= 4 is 23.3 Å². The smallest absolute Gasteiger partial charge is 0.329 e. The van der Waals surface area contributed by atoms with E-state index in [2.05, 4.69) is 27.4 Å². The zero-order valence-electron chi connectivity index (χ0n) is 20.0. The highest BCUT2D eigenvalue weighted by Gasteiger charge is 2.16. The van der Waals surface area contributed by atoms with Crippen LogP contribution >= 0.6 is 0 Å². The number of H-pyrrole nitrogens is 1. The maximum absolute atomic E-state index is 12.5. The minimum absolute atomic E-state index is 0.326. The van der Waals surface area contributed by atoms with Gasteiger partial charge in [-0.2, -0.15) is 10.1 Å². The Morgan fingerprint density at radius 1 is 1.06 bits per heavy atom. The van der Waals surface area contributed by atoms with Gasteiger partial charge in [-0.1, -0.05) is 56.5 Å². The molecule has 4 aromatic rings. The largest absolute Gasteiger partial charge is 0.489 e. The van der Waals surface area contributed by atoms with Crippen LogP contribution in [0.2, 0.25) is 0 Å². The van der Waals surface area contributed by atoms with E-state index in [9.17, 15) is 9.59 Å². The molecule has 0 amide bonds. The Balaban J connectivity index is 1.48. The van der Waals surface area contributed by atoms with Gasteiger partial charge in [-0.25, -0.2) is 10.2 Å². The molecule has 0 atom stereocenters. The van der Waals surface area contributed by atoms with Gasteiger partial charge in [0.15, 0.2) is 11.2 Å². The summed E-state index contributed by atoms with van der Waals surface area (Å²) in [4.78, 5) is 31.4. The van der Waals surface area contributed by atoms with E-state index in [1.807, 2.05) is 54.6 Å². The number of aromatic amines is 1. The molecule has 0 saturated heterocycles. The topological polar surface area (TPSA) is 106 Å². The first-order valence-corrected chi connectivity index (χ1v) is 11.8. The number of benzene rings is 2. The number of unbranched alkanes of at least 4 members (excludes halogenated alkanes) is 3. The fraction of sp³-hybridized carbons (Fsp3) is 0.308. The molecule has 0 radical (unpaired) electrons. The van der Waals surface area contributed by atoms with E-state index in [1.54, 1.807) is 17.8 Å². The van der Waals surface area contributed by atoms with Crippen LogP contribution in [0.4, 0.5) is 5.95 Å². The monoisotopic (exact) mass is 474 g/mol. The molecule has 2 aromatic heterocycles. The number of nitrogens with zero attached hydrogens (tertiary/aromatic N) is 4. The van der Waals surface area contributed by atoms with Gasteiger partial charge in [-0.05, 0) is 41.8 Å². The molecule has 4 rings (SSSR count). The maximum Gasteiger partial charge on any atom is 0.329 e. The standard InChI is InChI=1S/C26H30N6O3/c1-3-4-5-9-16-32-22-23(31(2)26(34)29-24(22)33)28-25(32)30-27-17-19-12-14-21(15-13-19)35-18-20-10-7-6-8-11-20/h6-8,10-15,17H,3-5,9,16,18H2,1-2H3,(H,28,30)(H,29,33,34). The summed E-state index contributed by atoms with van der Waals surface area (Å²) in [5.74, 6) is 1.19. The molecule has 0 bridgehead atoms. The quantitative estimate of drug-likeness (QED) is 0.194. The number of nitrogens with one attached hydrogen (secondary N) is 2. The molecule has 35 heavy (non-hydrogen) atoms. The molecule has 182 valence electrons. The first-order valence-electron chi connectivity index (χ1n) is 11.8. The predicted octanol–water partition coefficient (Wildman–Crippen LogP) is 4.03. The van der Waals surface area contributed by atoms with Crippen LogP contribution in [0, 0.1) is 0 Å². The number of imidazole rings is 1. The van der Waals surface area contributed by atoms with Crippen molar-refractivity contribution in [1.29, 1.82) is 0 Å². The summed E-state index contributed by atoms with van der Waals surface area (Å²) in [5.41, 5.74) is 4.67. The summed E-state index contributed by atoms with van der Waals surface area (Å²) < 4.78 is 8.95. The number of aromatic nitrogens is 4. The average molecular weight is 475 g/mol. The van der Waals surface area contributed by atoms with Gasteiger partial charge in [0.25, 0.3) is 5.56 Å². The Kier molecular flexibility index (Phi) is 7.77. The lowest BCUT2D eigenvalue weighted by Gasteiger charge is -2.08. The second kappa shape index (κ2) is 11.3. The highest BCUT2D eigenvalue weighted by Crippen LogP contribution is 2.17. The molecule has 0 saturated carbocycles. The van der Waals surface area contributed by atoms with Crippen LogP contribution in [0.3, 0.4) is 0 Å². The molecular weight excluding hydrogens is 444 g/mol. The molecule has 2 heterocycles. The van der Waals surface area contributed by atoms with Crippen molar-refractivity contribution in [3.8, 4) is 5.75 Å². The second-order valence-corrected chi connectivity index (χ2v) is 8.35. The van der Waals surface area contributed by atoms with E-state index in [1.165, 1.54) is 4.57 Å². The molecule has 0 unspecified atom stereocenters. The lowest BCUT2D eigenvalue weighted by molar-refractivity contribution is 0.306. The summed E-state index contributed by atoms with van der Waals surface area (Å²) in [6.07, 6.45) is 5.84. The van der Waals surface area contributed by atoms with Crippen molar-refractivity contribution < 1.29 is 4.74 Å². The SMILES string of the molecule is CCCCCCn1c(NN=Cc2ccc(OCc3ccccc3)cc2)nc2c1c(=O)[nH]c(=O)n2C. The van der Waals surface area contributed by atoms with Crippen molar-refractivity contribution in [3.63, 3.8) is 0 Å². The van der Waals surface area contributed by atoms with E-state index in [0.717, 1.165) is 42.6 Å². The van der Waals surface area contributed by atoms with Crippen LogP contribution in [0.1, 0.15) is 43.7 Å². The third kappa shape index (κ3) is 5.87. The van der Waals surface area contributed by atoms with Crippen molar-refractivity contribution in [2.75, 3.05) is 5.43 Å². The number of rotatable bonds is 11. The molecule has 0 aliphatic heterocycles. The van der Waals surface area contributed by atoms with Crippen LogP contribution < -0.4 is 21.4 Å². The highest BCUT2D eigenvalue weighted by molar-refractivity contribution is 5.80. The summed E-state index contributed by atoms with van der Waals surface area (Å²) in [6, 6.07) is 17.6. The molecule has 0 spiro atoms. The van der Waals surface area contributed by atoms with Gasteiger partial charge < -0.3 is 9.30 Å². The third-order valence-electron chi connectivity index (χ3n) is 5.75. The van der Waals surface area contributed by atoms with Gasteiger partial charge in [0, 0.05) is 13.6 Å². The van der Waals surface area contributed by atoms with E-state index >= 15 is 0 Å². The van der Waals surface area contributed by atoms with Crippen LogP contribution in [-0.2, 0) is 20.2 Å². The minimum Gasteiger partial charge on any atom is -0.489 e. The first kappa shape index (κ1) is 24.0. The number of hydrazone groups is 1. The van der Waals surface area contributed by atoms with Crippen LogP contribution in [0.5, 0.6) is 5.75 Å². The number of aryl methyl sites for hydroxylation is 2. The number of hydrogen-bond donors (Lipinski definition) is 2. The first-order chi connectivity index (χ1) is 17.1. The number of ether oxygens (including phenoxy) is 1. The lowest BCUT2D eigenvalue weighted by atomic mass is 10.2. The Bertz CT molecular complexity index is 1400.